The van der Waals surface area contributed by atoms with Crippen molar-refractivity contribution in [1.82, 2.24) is 0 Å². The van der Waals surface area contributed by atoms with Crippen LogP contribution in [-0.4, -0.2) is 10.2 Å². The first kappa shape index (κ1) is 9.90. The monoisotopic (exact) mass is 180 g/mol. The summed E-state index contributed by atoms with van der Waals surface area (Å²) in [5.74, 6) is 0.662. The summed E-state index contributed by atoms with van der Waals surface area (Å²) in [6.45, 7) is 6.05. The second-order valence-electron chi connectivity index (χ2n) is 3.50. The molecule has 1 aromatic rings. The average molecular weight is 180 g/mol. The van der Waals surface area contributed by atoms with E-state index in [2.05, 4.69) is 13.8 Å². The van der Waals surface area contributed by atoms with Gasteiger partial charge in [0.25, 0.3) is 0 Å². The molecule has 0 aromatic heterocycles. The molecule has 13 heavy (non-hydrogen) atoms. The van der Waals surface area contributed by atoms with Gasteiger partial charge in [-0.3, -0.25) is 0 Å². The Morgan fingerprint density at radius 3 is 2.38 bits per heavy atom. The Hall–Kier alpha value is -1.18. The molecule has 1 unspecified atom stereocenters. The molecule has 2 nitrogen and oxygen atoms in total. The second-order valence-corrected chi connectivity index (χ2v) is 3.50. The van der Waals surface area contributed by atoms with E-state index in [0.29, 0.717) is 5.92 Å². The lowest BCUT2D eigenvalue weighted by Gasteiger charge is -2.14. The van der Waals surface area contributed by atoms with Gasteiger partial charge in [0.15, 0.2) is 0 Å². The van der Waals surface area contributed by atoms with Gasteiger partial charge in [0, 0.05) is 6.07 Å². The third-order valence-electron chi connectivity index (χ3n) is 2.45. The molecule has 0 amide bonds. The Balaban J connectivity index is 3.20. The fourth-order valence-electron chi connectivity index (χ4n) is 1.61. The first-order valence-electron chi connectivity index (χ1n) is 4.58. The third kappa shape index (κ3) is 1.94. The summed E-state index contributed by atoms with van der Waals surface area (Å²) in [5.41, 5.74) is 1.90. The van der Waals surface area contributed by atoms with E-state index in [-0.39, 0.29) is 11.5 Å². The van der Waals surface area contributed by atoms with Crippen molar-refractivity contribution in [2.75, 3.05) is 0 Å². The average Bonchev–Trinajstić information content (AvgIpc) is 2.02. The fraction of sp³-hybridized carbons (Fsp3) is 0.455. The van der Waals surface area contributed by atoms with Gasteiger partial charge in [0.1, 0.15) is 11.5 Å². The summed E-state index contributed by atoms with van der Waals surface area (Å²) < 4.78 is 0. The van der Waals surface area contributed by atoms with E-state index in [0.717, 1.165) is 17.5 Å². The zero-order chi connectivity index (χ0) is 10.0. The predicted octanol–water partition coefficient (Wildman–Crippen LogP) is 2.92. The molecular weight excluding hydrogens is 164 g/mol. The van der Waals surface area contributed by atoms with Crippen molar-refractivity contribution in [1.29, 1.82) is 0 Å². The van der Waals surface area contributed by atoms with Gasteiger partial charge in [-0.2, -0.15) is 0 Å². The molecule has 0 radical (unpaired) electrons. The molecule has 0 saturated carbocycles. The lowest BCUT2D eigenvalue weighted by molar-refractivity contribution is 0.441. The van der Waals surface area contributed by atoms with Crippen LogP contribution in [0.5, 0.6) is 11.5 Å². The van der Waals surface area contributed by atoms with Crippen LogP contribution in [0.3, 0.4) is 0 Å². The molecule has 0 aliphatic heterocycles. The number of aromatic hydroxyl groups is 2. The van der Waals surface area contributed by atoms with Gasteiger partial charge in [-0.1, -0.05) is 13.8 Å². The number of phenolic OH excluding ortho intramolecular Hbond substituents is 2. The van der Waals surface area contributed by atoms with Crippen LogP contribution in [0.4, 0.5) is 0 Å². The molecule has 2 heteroatoms. The summed E-state index contributed by atoms with van der Waals surface area (Å²) in [4.78, 5) is 0. The van der Waals surface area contributed by atoms with Gasteiger partial charge in [0.2, 0.25) is 0 Å². The van der Waals surface area contributed by atoms with Crippen LogP contribution in [0.25, 0.3) is 0 Å². The van der Waals surface area contributed by atoms with Crippen molar-refractivity contribution in [2.45, 2.75) is 33.1 Å². The summed E-state index contributed by atoms with van der Waals surface area (Å²) in [6.07, 6.45) is 0.985. The molecule has 0 aliphatic carbocycles. The van der Waals surface area contributed by atoms with E-state index in [4.69, 9.17) is 0 Å². The number of hydrogen-bond donors (Lipinski definition) is 2. The number of phenols is 2. The minimum atomic E-state index is 0.127. The summed E-state index contributed by atoms with van der Waals surface area (Å²) in [7, 11) is 0. The van der Waals surface area contributed by atoms with E-state index in [1.807, 2.05) is 6.92 Å². The highest BCUT2D eigenvalue weighted by atomic mass is 16.3. The van der Waals surface area contributed by atoms with Crippen molar-refractivity contribution in [3.05, 3.63) is 23.3 Å². The van der Waals surface area contributed by atoms with Crippen LogP contribution in [0.2, 0.25) is 0 Å². The Morgan fingerprint density at radius 2 is 1.92 bits per heavy atom. The number of aryl methyl sites for hydroxylation is 1. The van der Waals surface area contributed by atoms with Crippen LogP contribution in [0.1, 0.15) is 37.3 Å². The normalized spacial score (nSPS) is 12.8. The van der Waals surface area contributed by atoms with Crippen molar-refractivity contribution in [2.24, 2.45) is 0 Å². The van der Waals surface area contributed by atoms with Gasteiger partial charge in [-0.25, -0.2) is 0 Å². The van der Waals surface area contributed by atoms with Crippen LogP contribution < -0.4 is 0 Å². The molecule has 0 saturated heterocycles. The Morgan fingerprint density at radius 1 is 1.31 bits per heavy atom. The molecule has 0 heterocycles. The lowest BCUT2D eigenvalue weighted by Crippen LogP contribution is -1.95. The maximum Gasteiger partial charge on any atom is 0.122 e. The zero-order valence-corrected chi connectivity index (χ0v) is 8.33. The minimum Gasteiger partial charge on any atom is -0.508 e. The number of benzene rings is 1. The van der Waals surface area contributed by atoms with Crippen LogP contribution in [-0.2, 0) is 0 Å². The molecule has 0 bridgehead atoms. The molecule has 1 aromatic carbocycles. The van der Waals surface area contributed by atoms with Gasteiger partial charge in [-0.15, -0.1) is 0 Å². The van der Waals surface area contributed by atoms with E-state index in [1.54, 1.807) is 6.07 Å². The predicted molar refractivity (Wildman–Crippen MR) is 53.2 cm³/mol. The van der Waals surface area contributed by atoms with E-state index in [1.165, 1.54) is 6.07 Å². The Kier molecular flexibility index (Phi) is 2.81. The Bertz CT molecular complexity index is 282. The van der Waals surface area contributed by atoms with Crippen LogP contribution in [0, 0.1) is 6.92 Å². The maximum atomic E-state index is 9.61. The molecule has 0 fully saturated rings. The largest absolute Gasteiger partial charge is 0.508 e. The van der Waals surface area contributed by atoms with Gasteiger partial charge < -0.3 is 10.2 Å². The van der Waals surface area contributed by atoms with E-state index in [9.17, 15) is 10.2 Å². The number of hydrogen-bond acceptors (Lipinski definition) is 2. The Labute approximate surface area is 78.8 Å². The highest BCUT2D eigenvalue weighted by molar-refractivity contribution is 5.46. The molecular formula is C11H16O2. The van der Waals surface area contributed by atoms with Crippen molar-refractivity contribution < 1.29 is 10.2 Å². The van der Waals surface area contributed by atoms with Gasteiger partial charge in [-0.05, 0) is 36.5 Å². The van der Waals surface area contributed by atoms with Gasteiger partial charge in [0.05, 0.1) is 0 Å². The maximum absolute atomic E-state index is 9.61. The molecule has 0 aliphatic rings. The smallest absolute Gasteiger partial charge is 0.122 e. The topological polar surface area (TPSA) is 40.5 Å². The zero-order valence-electron chi connectivity index (χ0n) is 8.33. The van der Waals surface area contributed by atoms with Crippen molar-refractivity contribution >= 4 is 0 Å². The van der Waals surface area contributed by atoms with Crippen LogP contribution in [0.15, 0.2) is 12.1 Å². The summed E-state index contributed by atoms with van der Waals surface area (Å²) in [6, 6.07) is 3.08. The van der Waals surface area contributed by atoms with Gasteiger partial charge >= 0.3 is 0 Å². The van der Waals surface area contributed by atoms with Crippen LogP contribution >= 0.6 is 0 Å². The third-order valence-corrected chi connectivity index (χ3v) is 2.45. The SMILES string of the molecule is CCC(C)c1c(C)cc(O)cc1O. The summed E-state index contributed by atoms with van der Waals surface area (Å²) >= 11 is 0. The van der Waals surface area contributed by atoms with Crippen molar-refractivity contribution in [3.63, 3.8) is 0 Å². The first-order chi connectivity index (χ1) is 6.06. The second kappa shape index (κ2) is 3.69. The molecule has 0 spiro atoms. The standard InChI is InChI=1S/C11H16O2/c1-4-7(2)11-8(3)5-9(12)6-10(11)13/h5-7,12-13H,4H2,1-3H3. The lowest BCUT2D eigenvalue weighted by atomic mass is 9.93. The van der Waals surface area contributed by atoms with E-state index < -0.39 is 0 Å². The quantitative estimate of drug-likeness (QED) is 0.734. The molecule has 1 atom stereocenters. The fourth-order valence-corrected chi connectivity index (χ4v) is 1.61. The molecule has 72 valence electrons. The molecule has 1 rings (SSSR count). The molecule has 2 N–H and O–H groups in total. The minimum absolute atomic E-state index is 0.127. The number of rotatable bonds is 2. The highest BCUT2D eigenvalue weighted by Crippen LogP contribution is 2.33. The van der Waals surface area contributed by atoms with E-state index >= 15 is 0 Å². The highest BCUT2D eigenvalue weighted by Gasteiger charge is 2.12. The van der Waals surface area contributed by atoms with Crippen molar-refractivity contribution in [3.8, 4) is 11.5 Å². The summed E-state index contributed by atoms with van der Waals surface area (Å²) in [5, 5.41) is 18.8. The first-order valence-corrected chi connectivity index (χ1v) is 4.58.